The highest BCUT2D eigenvalue weighted by molar-refractivity contribution is 6.43. The summed E-state index contributed by atoms with van der Waals surface area (Å²) in [5, 5.41) is 9.93. The number of hydrogen-bond acceptors (Lipinski definition) is 3. The number of benzene rings is 3. The molecule has 0 aliphatic carbocycles. The van der Waals surface area contributed by atoms with Crippen molar-refractivity contribution in [2.75, 3.05) is 5.32 Å². The molecule has 2 N–H and O–H groups in total. The van der Waals surface area contributed by atoms with Gasteiger partial charge in [-0.25, -0.2) is 4.39 Å². The molecule has 3 rings (SSSR count). The van der Waals surface area contributed by atoms with Crippen molar-refractivity contribution in [3.8, 4) is 5.75 Å². The van der Waals surface area contributed by atoms with Crippen LogP contribution in [-0.2, 0) is 24.0 Å². The van der Waals surface area contributed by atoms with E-state index in [4.69, 9.17) is 33.0 Å². The zero-order chi connectivity index (χ0) is 25.0. The zero-order valence-corrected chi connectivity index (χ0v) is 18.6. The molecule has 3 aromatic rings. The molecule has 0 saturated carbocycles. The second-order valence-electron chi connectivity index (χ2n) is 7.00. The van der Waals surface area contributed by atoms with E-state index < -0.39 is 57.9 Å². The predicted octanol–water partition coefficient (Wildman–Crippen LogP) is 6.61. The first-order valence-electron chi connectivity index (χ1n) is 9.55. The van der Waals surface area contributed by atoms with Crippen molar-refractivity contribution in [3.63, 3.8) is 0 Å². The summed E-state index contributed by atoms with van der Waals surface area (Å²) >= 11 is 11.6. The number of carbonyl (C=O) groups excluding carboxylic acids is 1. The van der Waals surface area contributed by atoms with Crippen molar-refractivity contribution in [2.45, 2.75) is 19.2 Å². The standard InChI is InChI=1S/C23H15Cl2F4NO4/c24-19-13(10-17(31)32)9-15(21(26)20(19)25)30-22(33)14-7-4-8-16(18(14)23(27,28)29)34-11-12-5-2-1-3-6-12/h1-9H,10-11H2,(H,30,33)(H,31,32). The number of rotatable bonds is 7. The molecule has 0 unspecified atom stereocenters. The molecule has 0 aliphatic heterocycles. The lowest BCUT2D eigenvalue weighted by atomic mass is 10.0. The van der Waals surface area contributed by atoms with Crippen LogP contribution in [-0.4, -0.2) is 17.0 Å². The third kappa shape index (κ3) is 5.78. The summed E-state index contributed by atoms with van der Waals surface area (Å²) in [5.41, 5.74) is -2.33. The fourth-order valence-electron chi connectivity index (χ4n) is 3.10. The minimum atomic E-state index is -4.98. The molecule has 178 valence electrons. The number of carbonyl (C=O) groups is 2. The van der Waals surface area contributed by atoms with Gasteiger partial charge < -0.3 is 15.2 Å². The molecular formula is C23H15Cl2F4NO4. The van der Waals surface area contributed by atoms with Crippen molar-refractivity contribution in [2.24, 2.45) is 0 Å². The minimum absolute atomic E-state index is 0.133. The van der Waals surface area contributed by atoms with Crippen LogP contribution < -0.4 is 10.1 Å². The van der Waals surface area contributed by atoms with Gasteiger partial charge >= 0.3 is 12.1 Å². The topological polar surface area (TPSA) is 75.6 Å². The van der Waals surface area contributed by atoms with Crippen molar-refractivity contribution < 1.29 is 37.0 Å². The molecule has 3 aromatic carbocycles. The van der Waals surface area contributed by atoms with Gasteiger partial charge in [0.1, 0.15) is 17.9 Å². The first-order chi connectivity index (χ1) is 16.0. The van der Waals surface area contributed by atoms with E-state index in [0.29, 0.717) is 5.56 Å². The van der Waals surface area contributed by atoms with Crippen molar-refractivity contribution in [1.29, 1.82) is 0 Å². The van der Waals surface area contributed by atoms with Gasteiger partial charge in [-0.15, -0.1) is 0 Å². The summed E-state index contributed by atoms with van der Waals surface area (Å²) in [4.78, 5) is 23.8. The van der Waals surface area contributed by atoms with E-state index in [2.05, 4.69) is 0 Å². The quantitative estimate of drug-likeness (QED) is 0.274. The molecule has 0 saturated heterocycles. The lowest BCUT2D eigenvalue weighted by Crippen LogP contribution is -2.21. The molecule has 1 amide bonds. The maximum absolute atomic E-state index is 14.6. The summed E-state index contributed by atoms with van der Waals surface area (Å²) in [5.74, 6) is -4.44. The summed E-state index contributed by atoms with van der Waals surface area (Å²) in [6.45, 7) is -0.186. The van der Waals surface area contributed by atoms with Crippen LogP contribution in [0.4, 0.5) is 23.2 Å². The van der Waals surface area contributed by atoms with E-state index in [1.807, 2.05) is 5.32 Å². The number of aliphatic carboxylic acids is 1. The molecule has 0 bridgehead atoms. The molecule has 0 aromatic heterocycles. The number of anilines is 1. The van der Waals surface area contributed by atoms with Gasteiger partial charge in [-0.3, -0.25) is 9.59 Å². The molecule has 0 spiro atoms. The Hall–Kier alpha value is -3.30. The average molecular weight is 516 g/mol. The number of carboxylic acids is 1. The van der Waals surface area contributed by atoms with E-state index in [9.17, 15) is 27.2 Å². The fourth-order valence-corrected chi connectivity index (χ4v) is 3.52. The van der Waals surface area contributed by atoms with Crippen LogP contribution in [0.15, 0.2) is 54.6 Å². The number of amides is 1. The molecule has 0 aliphatic rings. The Morgan fingerprint density at radius 1 is 1.00 bits per heavy atom. The lowest BCUT2D eigenvalue weighted by molar-refractivity contribution is -0.139. The molecule has 0 fully saturated rings. The van der Waals surface area contributed by atoms with Gasteiger partial charge in [-0.05, 0) is 29.3 Å². The van der Waals surface area contributed by atoms with Gasteiger partial charge in [-0.2, -0.15) is 13.2 Å². The van der Waals surface area contributed by atoms with Crippen LogP contribution in [0.2, 0.25) is 10.0 Å². The molecule has 0 radical (unpaired) electrons. The SMILES string of the molecule is O=C(O)Cc1cc(NC(=O)c2cccc(OCc3ccccc3)c2C(F)(F)F)c(F)c(Cl)c1Cl. The monoisotopic (exact) mass is 515 g/mol. The largest absolute Gasteiger partial charge is 0.488 e. The van der Waals surface area contributed by atoms with Gasteiger partial charge in [0.2, 0.25) is 0 Å². The highest BCUT2D eigenvalue weighted by Gasteiger charge is 2.39. The Morgan fingerprint density at radius 2 is 1.68 bits per heavy atom. The predicted molar refractivity (Wildman–Crippen MR) is 118 cm³/mol. The number of nitrogens with one attached hydrogen (secondary N) is 1. The van der Waals surface area contributed by atoms with Crippen LogP contribution >= 0.6 is 23.2 Å². The highest BCUT2D eigenvalue weighted by Crippen LogP contribution is 2.40. The molecule has 5 nitrogen and oxygen atoms in total. The molecule has 0 atom stereocenters. The van der Waals surface area contributed by atoms with Gasteiger partial charge in [0.05, 0.1) is 27.7 Å². The van der Waals surface area contributed by atoms with Gasteiger partial charge in [0.25, 0.3) is 5.91 Å². The first-order valence-corrected chi connectivity index (χ1v) is 10.3. The third-order valence-corrected chi connectivity index (χ3v) is 5.49. The van der Waals surface area contributed by atoms with E-state index >= 15 is 0 Å². The number of alkyl halides is 3. The smallest absolute Gasteiger partial charge is 0.420 e. The van der Waals surface area contributed by atoms with Crippen molar-refractivity contribution >= 4 is 40.8 Å². The fraction of sp³-hybridized carbons (Fsp3) is 0.130. The van der Waals surface area contributed by atoms with Gasteiger partial charge in [0, 0.05) is 0 Å². The first kappa shape index (κ1) is 25.3. The minimum Gasteiger partial charge on any atom is -0.488 e. The number of hydrogen-bond donors (Lipinski definition) is 2. The van der Waals surface area contributed by atoms with Crippen LogP contribution in [0.1, 0.15) is 27.0 Å². The van der Waals surface area contributed by atoms with E-state index in [1.54, 1.807) is 30.3 Å². The van der Waals surface area contributed by atoms with Crippen LogP contribution in [0, 0.1) is 5.82 Å². The summed E-state index contributed by atoms with van der Waals surface area (Å²) < 4.78 is 61.6. The number of ether oxygens (including phenoxy) is 1. The van der Waals surface area contributed by atoms with Crippen LogP contribution in [0.5, 0.6) is 5.75 Å². The Balaban J connectivity index is 1.97. The zero-order valence-electron chi connectivity index (χ0n) is 17.1. The normalized spacial score (nSPS) is 11.2. The summed E-state index contributed by atoms with van der Waals surface area (Å²) in [7, 11) is 0. The second-order valence-corrected chi connectivity index (χ2v) is 7.76. The van der Waals surface area contributed by atoms with Crippen LogP contribution in [0.25, 0.3) is 0 Å². The third-order valence-electron chi connectivity index (χ3n) is 4.60. The number of carboxylic acid groups (broad SMARTS) is 1. The highest BCUT2D eigenvalue weighted by atomic mass is 35.5. The number of halogens is 6. The Morgan fingerprint density at radius 3 is 2.29 bits per heavy atom. The Labute approximate surface area is 200 Å². The molecule has 34 heavy (non-hydrogen) atoms. The molecule has 11 heteroatoms. The average Bonchev–Trinajstić information content (AvgIpc) is 2.78. The van der Waals surface area contributed by atoms with Crippen molar-refractivity contribution in [1.82, 2.24) is 0 Å². The Kier molecular flexibility index (Phi) is 7.68. The van der Waals surface area contributed by atoms with E-state index in [1.165, 1.54) is 6.07 Å². The van der Waals surface area contributed by atoms with E-state index in [-0.39, 0.29) is 17.2 Å². The maximum Gasteiger partial charge on any atom is 0.420 e. The molecule has 0 heterocycles. The maximum atomic E-state index is 14.6. The summed E-state index contributed by atoms with van der Waals surface area (Å²) in [6, 6.07) is 12.5. The second kappa shape index (κ2) is 10.3. The molecular weight excluding hydrogens is 501 g/mol. The lowest BCUT2D eigenvalue weighted by Gasteiger charge is -2.18. The summed E-state index contributed by atoms with van der Waals surface area (Å²) in [6.07, 6.45) is -5.64. The van der Waals surface area contributed by atoms with Gasteiger partial charge in [-0.1, -0.05) is 59.6 Å². The van der Waals surface area contributed by atoms with Crippen LogP contribution in [0.3, 0.4) is 0 Å². The van der Waals surface area contributed by atoms with Gasteiger partial charge in [0.15, 0.2) is 5.82 Å². The van der Waals surface area contributed by atoms with Crippen molar-refractivity contribution in [3.05, 3.63) is 92.7 Å². The Bertz CT molecular complexity index is 1230. The van der Waals surface area contributed by atoms with E-state index in [0.717, 1.165) is 18.2 Å².